The second-order valence-electron chi connectivity index (χ2n) is 5.00. The summed E-state index contributed by atoms with van der Waals surface area (Å²) < 4.78 is 9.43. The van der Waals surface area contributed by atoms with E-state index < -0.39 is 24.0 Å². The second-order valence-corrected chi connectivity index (χ2v) is 5.00. The van der Waals surface area contributed by atoms with E-state index in [4.69, 9.17) is 9.84 Å². The average molecular weight is 394 g/mol. The molecule has 0 aromatic carbocycles. The van der Waals surface area contributed by atoms with E-state index in [0.29, 0.717) is 13.0 Å². The summed E-state index contributed by atoms with van der Waals surface area (Å²) in [5.41, 5.74) is 0. The Labute approximate surface area is 163 Å². The van der Waals surface area contributed by atoms with Gasteiger partial charge in [-0.05, 0) is 12.8 Å². The molecule has 0 saturated carbocycles. The Balaban J connectivity index is -0.0000000853. The smallest absolute Gasteiger partial charge is 0.305 e. The number of carbonyl (C=O) groups is 3. The number of aliphatic carboxylic acids is 3. The van der Waals surface area contributed by atoms with E-state index in [-0.39, 0.29) is 53.8 Å². The molecule has 1 aliphatic heterocycles. The molecule has 3 atom stereocenters. The van der Waals surface area contributed by atoms with Gasteiger partial charge >= 0.3 is 5.97 Å². The number of hydrogen-bond acceptors (Lipinski definition) is 8. The molecule has 0 radical (unpaired) electrons. The Morgan fingerprint density at radius 2 is 1.56 bits per heavy atom. The van der Waals surface area contributed by atoms with Crippen LogP contribution in [0.5, 0.6) is 0 Å². The molecule has 3 unspecified atom stereocenters. The number of epoxide rings is 1. The Hall–Kier alpha value is -2.10. The highest BCUT2D eigenvalue weighted by Crippen LogP contribution is 2.11. The van der Waals surface area contributed by atoms with E-state index >= 15 is 0 Å². The van der Waals surface area contributed by atoms with Gasteiger partial charge in [0.2, 0.25) is 0 Å². The number of rotatable bonds is 9. The van der Waals surface area contributed by atoms with Crippen LogP contribution in [0.3, 0.4) is 0 Å². The molecule has 1 aliphatic rings. The highest BCUT2D eigenvalue weighted by atomic mass is 16.6. The van der Waals surface area contributed by atoms with Crippen LogP contribution in [0.25, 0.3) is 0 Å². The van der Waals surface area contributed by atoms with Crippen molar-refractivity contribution in [3.05, 3.63) is 22.3 Å². The lowest BCUT2D eigenvalue weighted by Gasteiger charge is -2.19. The van der Waals surface area contributed by atoms with Crippen LogP contribution in [-0.2, 0) is 23.9 Å². The first-order valence-corrected chi connectivity index (χ1v) is 7.57. The standard InChI is InChI=1S/C6H12O3.C5H9O3.C4H6O3.3CH3/c1-3-5(9-2)4-6(7)8;1-2-4(6)3-5(7)8;5-4(6)1-3-2-7-3;;;/h5H,3-4H2,1-2H3,(H,7,8);4H,2-3H2,1H3,(H,7,8);3H,1-2H2,(H,5,6);3*1H3/q;-1;;3*+1/p-2. The van der Waals surface area contributed by atoms with Gasteiger partial charge in [0.25, 0.3) is 0 Å². The van der Waals surface area contributed by atoms with Gasteiger partial charge in [-0.1, -0.05) is 20.3 Å². The normalized spacial score (nSPS) is 15.3. The van der Waals surface area contributed by atoms with Crippen LogP contribution in [0.1, 0.15) is 46.0 Å². The molecule has 1 N–H and O–H groups in total. The minimum atomic E-state index is -1.26. The molecule has 9 nitrogen and oxygen atoms in total. The molecule has 0 aromatic rings. The summed E-state index contributed by atoms with van der Waals surface area (Å²) in [5, 5.41) is 37.9. The van der Waals surface area contributed by atoms with Crippen LogP contribution >= 0.6 is 0 Å². The summed E-state index contributed by atoms with van der Waals surface area (Å²) in [6, 6.07) is 0. The van der Waals surface area contributed by atoms with Gasteiger partial charge in [0, 0.05) is 47.7 Å². The van der Waals surface area contributed by atoms with Crippen molar-refractivity contribution < 1.29 is 44.3 Å². The van der Waals surface area contributed by atoms with Crippen LogP contribution in [-0.4, -0.2) is 55.0 Å². The van der Waals surface area contributed by atoms with Gasteiger partial charge in [-0.2, -0.15) is 0 Å². The molecule has 9 heteroatoms. The van der Waals surface area contributed by atoms with Crippen molar-refractivity contribution in [1.82, 2.24) is 0 Å². The summed E-state index contributed by atoms with van der Waals surface area (Å²) in [7, 11) is 1.52. The zero-order chi connectivity index (χ0) is 19.1. The van der Waals surface area contributed by atoms with Gasteiger partial charge in [0.1, 0.15) is 0 Å². The van der Waals surface area contributed by atoms with Gasteiger partial charge in [-0.3, -0.25) is 4.79 Å². The van der Waals surface area contributed by atoms with E-state index in [9.17, 15) is 29.7 Å². The molecular formula is C18H34O9. The van der Waals surface area contributed by atoms with Crippen molar-refractivity contribution >= 4 is 17.9 Å². The van der Waals surface area contributed by atoms with Crippen LogP contribution in [0, 0.1) is 22.3 Å². The number of methoxy groups -OCH3 is 1. The van der Waals surface area contributed by atoms with E-state index in [1.807, 2.05) is 6.92 Å². The van der Waals surface area contributed by atoms with E-state index in [1.165, 1.54) is 7.11 Å². The lowest BCUT2D eigenvalue weighted by atomic mass is 10.2. The SMILES string of the molecule is CCC(CC(=O)O)OC.CCC([O-])CC(=O)[O-].O=C([O-])CC1CO1.[CH3+].[CH3+].[CH3+]. The molecule has 0 amide bonds. The molecule has 1 rings (SSSR count). The molecule has 0 spiro atoms. The van der Waals surface area contributed by atoms with Crippen LogP contribution in [0.4, 0.5) is 0 Å². The molecular weight excluding hydrogens is 360 g/mol. The maximum Gasteiger partial charge on any atom is 0.305 e. The minimum Gasteiger partial charge on any atom is -0.852 e. The number of carboxylic acid groups (broad SMARTS) is 3. The zero-order valence-electron chi connectivity index (χ0n) is 17.2. The van der Waals surface area contributed by atoms with Crippen LogP contribution < -0.4 is 15.3 Å². The monoisotopic (exact) mass is 394 g/mol. The number of carboxylic acids is 3. The third-order valence-corrected chi connectivity index (χ3v) is 2.84. The summed E-state index contributed by atoms with van der Waals surface area (Å²) in [5.74, 6) is -3.09. The highest BCUT2D eigenvalue weighted by molar-refractivity contribution is 5.67. The lowest BCUT2D eigenvalue weighted by molar-refractivity contribution is -0.424. The quantitative estimate of drug-likeness (QED) is 0.383. The largest absolute Gasteiger partial charge is 0.852 e. The van der Waals surface area contributed by atoms with Gasteiger partial charge in [-0.15, -0.1) is 6.10 Å². The van der Waals surface area contributed by atoms with Crippen molar-refractivity contribution in [2.24, 2.45) is 0 Å². The highest BCUT2D eigenvalue weighted by Gasteiger charge is 2.21. The fraction of sp³-hybridized carbons (Fsp3) is 0.667. The summed E-state index contributed by atoms with van der Waals surface area (Å²) in [4.78, 5) is 29.4. The third-order valence-electron chi connectivity index (χ3n) is 2.84. The topological polar surface area (TPSA) is 162 Å². The van der Waals surface area contributed by atoms with Crippen molar-refractivity contribution in [1.29, 1.82) is 0 Å². The molecule has 0 bridgehead atoms. The molecule has 1 heterocycles. The summed E-state index contributed by atoms with van der Waals surface area (Å²) in [6.07, 6.45) is -0.243. The maximum absolute atomic E-state index is 10.3. The fourth-order valence-corrected chi connectivity index (χ4v) is 1.29. The predicted octanol–water partition coefficient (Wildman–Crippen LogP) is -0.973. The van der Waals surface area contributed by atoms with Gasteiger partial charge < -0.3 is 39.5 Å². The number of hydrogen-bond donors (Lipinski definition) is 1. The molecule has 160 valence electrons. The molecule has 1 fully saturated rings. The van der Waals surface area contributed by atoms with Crippen molar-refractivity contribution in [2.45, 2.75) is 64.3 Å². The van der Waals surface area contributed by atoms with E-state index in [2.05, 4.69) is 4.74 Å². The first kappa shape index (κ1) is 35.9. The average Bonchev–Trinajstić information content (AvgIpc) is 3.28. The van der Waals surface area contributed by atoms with Crippen LogP contribution in [0.15, 0.2) is 0 Å². The Kier molecular flexibility index (Phi) is 29.2. The fourth-order valence-electron chi connectivity index (χ4n) is 1.29. The molecule has 0 aromatic heterocycles. The Morgan fingerprint density at radius 3 is 1.67 bits per heavy atom. The summed E-state index contributed by atoms with van der Waals surface area (Å²) in [6.45, 7) is 4.14. The first-order valence-electron chi connectivity index (χ1n) is 7.57. The lowest BCUT2D eigenvalue weighted by Crippen LogP contribution is -2.33. The van der Waals surface area contributed by atoms with E-state index in [0.717, 1.165) is 6.42 Å². The van der Waals surface area contributed by atoms with Crippen molar-refractivity contribution in [3.63, 3.8) is 0 Å². The number of carbonyl (C=O) groups excluding carboxylic acids is 2. The van der Waals surface area contributed by atoms with Gasteiger partial charge in [0.15, 0.2) is 0 Å². The van der Waals surface area contributed by atoms with Gasteiger partial charge in [-0.25, -0.2) is 0 Å². The van der Waals surface area contributed by atoms with Gasteiger partial charge in [0.05, 0.1) is 25.2 Å². The Bertz CT molecular complexity index is 364. The van der Waals surface area contributed by atoms with Crippen molar-refractivity contribution in [3.8, 4) is 0 Å². The number of ether oxygens (including phenoxy) is 2. The first-order chi connectivity index (χ1) is 11.2. The molecule has 27 heavy (non-hydrogen) atoms. The van der Waals surface area contributed by atoms with Crippen LogP contribution in [0.2, 0.25) is 0 Å². The second kappa shape index (κ2) is 21.9. The molecule has 0 aliphatic carbocycles. The minimum absolute atomic E-state index is 0. The van der Waals surface area contributed by atoms with E-state index in [1.54, 1.807) is 6.92 Å². The van der Waals surface area contributed by atoms with Crippen molar-refractivity contribution in [2.75, 3.05) is 13.7 Å². The maximum atomic E-state index is 10.3. The summed E-state index contributed by atoms with van der Waals surface area (Å²) >= 11 is 0. The predicted molar refractivity (Wildman–Crippen MR) is 95.6 cm³/mol. The molecule has 1 saturated heterocycles. The third kappa shape index (κ3) is 32.1. The zero-order valence-corrected chi connectivity index (χ0v) is 17.2. The Morgan fingerprint density at radius 1 is 1.07 bits per heavy atom.